The smallest absolute Gasteiger partial charge is 0.204 e. The Bertz CT molecular complexity index is 620. The van der Waals surface area contributed by atoms with Gasteiger partial charge in [-0.2, -0.15) is 0 Å². The van der Waals surface area contributed by atoms with Crippen LogP contribution in [0.25, 0.3) is 0 Å². The first-order valence-corrected chi connectivity index (χ1v) is 10.2. The molecule has 23 heavy (non-hydrogen) atoms. The van der Waals surface area contributed by atoms with E-state index in [-0.39, 0.29) is 5.04 Å². The fourth-order valence-electron chi connectivity index (χ4n) is 3.06. The van der Waals surface area contributed by atoms with Crippen LogP contribution in [0.1, 0.15) is 27.7 Å². The molecule has 1 nitrogen and oxygen atoms in total. The lowest BCUT2D eigenvalue weighted by Gasteiger charge is -2.39. The number of ether oxygens (including phenoxy) is 1. The molecule has 0 amide bonds. The topological polar surface area (TPSA) is 9.23 Å². The molecule has 120 valence electrons. The van der Waals surface area contributed by atoms with E-state index in [1.807, 2.05) is 6.92 Å². The Hall–Kier alpha value is -1.82. The molecule has 0 atom stereocenters. The van der Waals surface area contributed by atoms with Gasteiger partial charge in [0.25, 0.3) is 0 Å². The maximum atomic E-state index is 5.46. The third kappa shape index (κ3) is 3.75. The number of benzene rings is 2. The van der Waals surface area contributed by atoms with E-state index in [4.69, 9.17) is 4.74 Å². The Balaban J connectivity index is 2.66. The average molecular weight is 323 g/mol. The molecule has 2 aromatic carbocycles. The van der Waals surface area contributed by atoms with Gasteiger partial charge in [-0.05, 0) is 22.3 Å². The van der Waals surface area contributed by atoms with Gasteiger partial charge >= 0.3 is 0 Å². The van der Waals surface area contributed by atoms with Gasteiger partial charge in [-0.3, -0.25) is 0 Å². The van der Waals surface area contributed by atoms with Crippen molar-refractivity contribution >= 4 is 18.4 Å². The summed E-state index contributed by atoms with van der Waals surface area (Å²) in [5.74, 6) is 3.32. The highest BCUT2D eigenvalue weighted by molar-refractivity contribution is 7.10. The summed E-state index contributed by atoms with van der Waals surface area (Å²) in [7, 11) is -2.24. The number of rotatable bonds is 4. The maximum Gasteiger partial charge on any atom is 0.204 e. The summed E-state index contributed by atoms with van der Waals surface area (Å²) in [6, 6.07) is 21.6. The molecule has 0 heterocycles. The van der Waals surface area contributed by atoms with E-state index in [9.17, 15) is 0 Å². The van der Waals surface area contributed by atoms with Crippen LogP contribution in [0.2, 0.25) is 5.04 Å². The monoisotopic (exact) mass is 322 g/mol. The van der Waals surface area contributed by atoms with Gasteiger partial charge in [0, 0.05) is 6.61 Å². The molecule has 0 fully saturated rings. The van der Waals surface area contributed by atoms with Gasteiger partial charge in [-0.1, -0.05) is 87.4 Å². The molecule has 0 radical (unpaired) electrons. The van der Waals surface area contributed by atoms with E-state index >= 15 is 0 Å². The van der Waals surface area contributed by atoms with Crippen molar-refractivity contribution in [1.82, 2.24) is 0 Å². The second-order valence-corrected chi connectivity index (χ2v) is 11.1. The average Bonchev–Trinajstić information content (AvgIpc) is 2.55. The Morgan fingerprint density at radius 1 is 0.870 bits per heavy atom. The molecule has 0 saturated carbocycles. The minimum atomic E-state index is -2.24. The number of hydrogen-bond acceptors (Lipinski definition) is 1. The zero-order valence-corrected chi connectivity index (χ0v) is 15.6. The molecule has 0 aliphatic rings. The lowest BCUT2D eigenvalue weighted by atomic mass is 10.2. The Morgan fingerprint density at radius 2 is 1.35 bits per heavy atom. The normalized spacial score (nSPS) is 11.7. The second-order valence-electron chi connectivity index (χ2n) is 6.67. The van der Waals surface area contributed by atoms with Crippen molar-refractivity contribution in [3.63, 3.8) is 0 Å². The van der Waals surface area contributed by atoms with Crippen molar-refractivity contribution in [1.29, 1.82) is 0 Å². The number of hydrogen-bond donors (Lipinski definition) is 0. The molecule has 0 unspecified atom stereocenters. The fraction of sp³-hybridized carbons (Fsp3) is 0.333. The van der Waals surface area contributed by atoms with Gasteiger partial charge in [-0.25, -0.2) is 0 Å². The molecular weight excluding hydrogens is 296 g/mol. The first-order valence-electron chi connectivity index (χ1n) is 8.21. The lowest BCUT2D eigenvalue weighted by molar-refractivity contribution is 0.182. The molecule has 2 heteroatoms. The summed E-state index contributed by atoms with van der Waals surface area (Å²) in [5.41, 5.74) is 3.70. The van der Waals surface area contributed by atoms with Crippen LogP contribution in [-0.2, 0) is 4.74 Å². The predicted molar refractivity (Wildman–Crippen MR) is 102 cm³/mol. The van der Waals surface area contributed by atoms with Crippen molar-refractivity contribution < 1.29 is 4.74 Å². The molecule has 0 saturated heterocycles. The van der Waals surface area contributed by atoms with Crippen LogP contribution in [0.5, 0.6) is 0 Å². The Labute approximate surface area is 141 Å². The Kier molecular flexibility index (Phi) is 5.82. The standard InChI is InChI=1S/C21H26OSi/c1-5-22-17-12-18-23(21(2,3)4,19-13-8-6-9-14-19)20-15-10-7-11-16-20/h6-11,13-16H,5,17H2,1-4H3. The molecule has 2 rings (SSSR count). The minimum Gasteiger partial charge on any atom is -0.369 e. The van der Waals surface area contributed by atoms with E-state index in [1.165, 1.54) is 10.4 Å². The van der Waals surface area contributed by atoms with Gasteiger partial charge in [-0.15, -0.1) is 5.54 Å². The zero-order valence-electron chi connectivity index (χ0n) is 14.6. The first-order chi connectivity index (χ1) is 11.0. The van der Waals surface area contributed by atoms with Crippen LogP contribution in [0.3, 0.4) is 0 Å². The molecule has 0 aliphatic heterocycles. The fourth-order valence-corrected chi connectivity index (χ4v) is 7.51. The van der Waals surface area contributed by atoms with Gasteiger partial charge in [0.2, 0.25) is 8.07 Å². The molecule has 0 aromatic heterocycles. The van der Waals surface area contributed by atoms with Gasteiger partial charge < -0.3 is 4.74 Å². The van der Waals surface area contributed by atoms with Crippen molar-refractivity contribution in [3.8, 4) is 11.5 Å². The molecule has 2 aromatic rings. The van der Waals surface area contributed by atoms with Crippen LogP contribution in [-0.4, -0.2) is 21.3 Å². The highest BCUT2D eigenvalue weighted by Gasteiger charge is 2.46. The first kappa shape index (κ1) is 17.5. The summed E-state index contributed by atoms with van der Waals surface area (Å²) in [6.45, 7) is 10.2. The van der Waals surface area contributed by atoms with Crippen molar-refractivity contribution in [2.75, 3.05) is 13.2 Å². The van der Waals surface area contributed by atoms with Crippen LogP contribution in [0, 0.1) is 11.5 Å². The van der Waals surface area contributed by atoms with Gasteiger partial charge in [0.15, 0.2) is 0 Å². The Morgan fingerprint density at radius 3 is 1.74 bits per heavy atom. The quantitative estimate of drug-likeness (QED) is 0.474. The SMILES string of the molecule is CCOCC#C[Si](c1ccccc1)(c1ccccc1)C(C)(C)C. The molecule has 0 N–H and O–H groups in total. The summed E-state index contributed by atoms with van der Waals surface area (Å²) in [4.78, 5) is 0. The summed E-state index contributed by atoms with van der Waals surface area (Å²) in [6.07, 6.45) is 0. The third-order valence-corrected chi connectivity index (χ3v) is 9.39. The van der Waals surface area contributed by atoms with E-state index in [0.29, 0.717) is 13.2 Å². The van der Waals surface area contributed by atoms with Crippen molar-refractivity contribution in [2.24, 2.45) is 0 Å². The van der Waals surface area contributed by atoms with Gasteiger partial charge in [0.05, 0.1) is 0 Å². The van der Waals surface area contributed by atoms with Crippen LogP contribution < -0.4 is 10.4 Å². The molecular formula is C21H26OSi. The van der Waals surface area contributed by atoms with Crippen LogP contribution in [0.15, 0.2) is 60.7 Å². The largest absolute Gasteiger partial charge is 0.369 e. The maximum absolute atomic E-state index is 5.46. The van der Waals surface area contributed by atoms with E-state index in [1.54, 1.807) is 0 Å². The summed E-state index contributed by atoms with van der Waals surface area (Å²) < 4.78 is 5.46. The lowest BCUT2D eigenvalue weighted by Crippen LogP contribution is -2.63. The van der Waals surface area contributed by atoms with E-state index < -0.39 is 8.07 Å². The van der Waals surface area contributed by atoms with E-state index in [2.05, 4.69) is 92.9 Å². The third-order valence-electron chi connectivity index (χ3n) is 4.19. The van der Waals surface area contributed by atoms with Crippen LogP contribution in [0.4, 0.5) is 0 Å². The summed E-state index contributed by atoms with van der Waals surface area (Å²) >= 11 is 0. The second kappa shape index (κ2) is 7.63. The molecule has 0 bridgehead atoms. The van der Waals surface area contributed by atoms with Gasteiger partial charge in [0.1, 0.15) is 6.61 Å². The van der Waals surface area contributed by atoms with E-state index in [0.717, 1.165) is 0 Å². The van der Waals surface area contributed by atoms with Crippen molar-refractivity contribution in [3.05, 3.63) is 60.7 Å². The predicted octanol–water partition coefficient (Wildman–Crippen LogP) is 3.63. The highest BCUT2D eigenvalue weighted by atomic mass is 28.3. The van der Waals surface area contributed by atoms with Crippen LogP contribution >= 0.6 is 0 Å². The summed E-state index contributed by atoms with van der Waals surface area (Å²) in [5, 5.41) is 2.81. The highest BCUT2D eigenvalue weighted by Crippen LogP contribution is 2.35. The zero-order chi connectivity index (χ0) is 16.8. The minimum absolute atomic E-state index is 0.0783. The van der Waals surface area contributed by atoms with Crippen molar-refractivity contribution in [2.45, 2.75) is 32.7 Å². The molecule has 0 spiro atoms. The molecule has 0 aliphatic carbocycles.